The number of rotatable bonds is 9. The van der Waals surface area contributed by atoms with Crippen LogP contribution >= 0.6 is 11.3 Å². The second kappa shape index (κ2) is 10.7. The van der Waals surface area contributed by atoms with E-state index in [9.17, 15) is 8.42 Å². The van der Waals surface area contributed by atoms with Crippen LogP contribution in [-0.2, 0) is 16.6 Å². The number of sulfonamides is 1. The van der Waals surface area contributed by atoms with E-state index in [-0.39, 0.29) is 0 Å². The van der Waals surface area contributed by atoms with E-state index in [2.05, 4.69) is 49.5 Å². The Hall–Kier alpha value is -1.94. The van der Waals surface area contributed by atoms with Crippen LogP contribution in [0.4, 0.5) is 0 Å². The first kappa shape index (κ1) is 21.8. The van der Waals surface area contributed by atoms with Gasteiger partial charge in [0, 0.05) is 39.3 Å². The fraction of sp³-hybridized carbons (Fsp3) is 0.450. The van der Waals surface area contributed by atoms with Gasteiger partial charge < -0.3 is 10.6 Å². The summed E-state index contributed by atoms with van der Waals surface area (Å²) in [5.41, 5.74) is 1.33. The van der Waals surface area contributed by atoms with Crippen molar-refractivity contribution in [3.05, 3.63) is 53.4 Å². The molecule has 7 nitrogen and oxygen atoms in total. The Balaban J connectivity index is 1.39. The fourth-order valence-corrected chi connectivity index (χ4v) is 5.51. The molecule has 158 valence electrons. The Bertz CT molecular complexity index is 870. The van der Waals surface area contributed by atoms with Gasteiger partial charge in [0.15, 0.2) is 5.96 Å². The predicted octanol–water partition coefficient (Wildman–Crippen LogP) is 1.86. The second-order valence-electron chi connectivity index (χ2n) is 6.96. The highest BCUT2D eigenvalue weighted by Crippen LogP contribution is 2.19. The van der Waals surface area contributed by atoms with Gasteiger partial charge in [0.2, 0.25) is 10.0 Å². The SMILES string of the molecule is CN=C(NCCNS(=O)(=O)c1cccs1)NCC1CCCN1Cc1ccccc1. The highest BCUT2D eigenvalue weighted by atomic mass is 32.2. The molecule has 0 aliphatic carbocycles. The molecule has 0 bridgehead atoms. The van der Waals surface area contributed by atoms with Crippen LogP contribution in [0.1, 0.15) is 18.4 Å². The average molecular weight is 436 g/mol. The second-order valence-corrected chi connectivity index (χ2v) is 9.90. The molecule has 0 radical (unpaired) electrons. The summed E-state index contributed by atoms with van der Waals surface area (Å²) in [6, 6.07) is 14.3. The molecule has 3 N–H and O–H groups in total. The van der Waals surface area contributed by atoms with Gasteiger partial charge in [-0.1, -0.05) is 36.4 Å². The Kier molecular flexibility index (Phi) is 8.05. The van der Waals surface area contributed by atoms with E-state index < -0.39 is 10.0 Å². The van der Waals surface area contributed by atoms with Crippen molar-refractivity contribution in [1.82, 2.24) is 20.3 Å². The number of hydrogen-bond acceptors (Lipinski definition) is 5. The Morgan fingerprint density at radius 1 is 1.17 bits per heavy atom. The lowest BCUT2D eigenvalue weighted by Crippen LogP contribution is -2.46. The quantitative estimate of drug-likeness (QED) is 0.318. The number of aliphatic imine (C=N–C) groups is 1. The van der Waals surface area contributed by atoms with Crippen molar-refractivity contribution in [1.29, 1.82) is 0 Å². The number of nitrogens with zero attached hydrogens (tertiary/aromatic N) is 2. The first-order valence-electron chi connectivity index (χ1n) is 9.84. The molecule has 0 amide bonds. The lowest BCUT2D eigenvalue weighted by molar-refractivity contribution is 0.245. The maximum absolute atomic E-state index is 12.1. The Labute approximate surface area is 177 Å². The van der Waals surface area contributed by atoms with Crippen molar-refractivity contribution in [2.24, 2.45) is 4.99 Å². The number of hydrogen-bond donors (Lipinski definition) is 3. The summed E-state index contributed by atoms with van der Waals surface area (Å²) >= 11 is 1.21. The highest BCUT2D eigenvalue weighted by Gasteiger charge is 2.24. The van der Waals surface area contributed by atoms with Gasteiger partial charge in [-0.3, -0.25) is 9.89 Å². The molecule has 1 aliphatic rings. The third-order valence-electron chi connectivity index (χ3n) is 4.93. The van der Waals surface area contributed by atoms with Gasteiger partial charge in [-0.05, 0) is 36.4 Å². The highest BCUT2D eigenvalue weighted by molar-refractivity contribution is 7.91. The molecule has 2 heterocycles. The molecule has 0 spiro atoms. The van der Waals surface area contributed by atoms with Crippen LogP contribution in [0.3, 0.4) is 0 Å². The third-order valence-corrected chi connectivity index (χ3v) is 7.78. The predicted molar refractivity (Wildman–Crippen MR) is 119 cm³/mol. The molecule has 3 rings (SSSR count). The molecular weight excluding hydrogens is 406 g/mol. The van der Waals surface area contributed by atoms with Crippen molar-refractivity contribution in [3.8, 4) is 0 Å². The van der Waals surface area contributed by atoms with Crippen molar-refractivity contribution in [3.63, 3.8) is 0 Å². The molecule has 2 aromatic rings. The summed E-state index contributed by atoms with van der Waals surface area (Å²) in [4.78, 5) is 6.75. The molecule has 1 aliphatic heterocycles. The van der Waals surface area contributed by atoms with E-state index in [1.54, 1.807) is 24.6 Å². The molecule has 1 atom stereocenters. The van der Waals surface area contributed by atoms with Crippen molar-refractivity contribution in [2.45, 2.75) is 29.6 Å². The van der Waals surface area contributed by atoms with E-state index in [1.807, 2.05) is 6.07 Å². The lowest BCUT2D eigenvalue weighted by Gasteiger charge is -2.25. The summed E-state index contributed by atoms with van der Waals surface area (Å²) in [6.07, 6.45) is 2.37. The van der Waals surface area contributed by atoms with Gasteiger partial charge in [0.05, 0.1) is 0 Å². The molecule has 0 saturated carbocycles. The first-order valence-corrected chi connectivity index (χ1v) is 12.2. The van der Waals surface area contributed by atoms with Crippen LogP contribution in [0.2, 0.25) is 0 Å². The smallest absolute Gasteiger partial charge is 0.250 e. The monoisotopic (exact) mass is 435 g/mol. The summed E-state index contributed by atoms with van der Waals surface area (Å²) in [6.45, 7) is 3.64. The molecular formula is C20H29N5O2S2. The van der Waals surface area contributed by atoms with Crippen LogP contribution in [-0.4, -0.2) is 58.5 Å². The fourth-order valence-electron chi connectivity index (χ4n) is 3.44. The average Bonchev–Trinajstić information content (AvgIpc) is 3.41. The van der Waals surface area contributed by atoms with Crippen LogP contribution in [0.25, 0.3) is 0 Å². The number of thiophene rings is 1. The molecule has 1 fully saturated rings. The number of likely N-dealkylation sites (tertiary alicyclic amines) is 1. The van der Waals surface area contributed by atoms with E-state index in [4.69, 9.17) is 0 Å². The zero-order valence-electron chi connectivity index (χ0n) is 16.7. The normalized spacial score (nSPS) is 18.1. The summed E-state index contributed by atoms with van der Waals surface area (Å²) in [7, 11) is -1.70. The topological polar surface area (TPSA) is 85.8 Å². The summed E-state index contributed by atoms with van der Waals surface area (Å²) in [5.74, 6) is 0.687. The minimum Gasteiger partial charge on any atom is -0.355 e. The van der Waals surface area contributed by atoms with Gasteiger partial charge in [0.1, 0.15) is 4.21 Å². The van der Waals surface area contributed by atoms with Crippen LogP contribution in [0, 0.1) is 0 Å². The van der Waals surface area contributed by atoms with Gasteiger partial charge >= 0.3 is 0 Å². The maximum Gasteiger partial charge on any atom is 0.250 e. The first-order chi connectivity index (χ1) is 14.1. The van der Waals surface area contributed by atoms with E-state index in [0.29, 0.717) is 29.3 Å². The van der Waals surface area contributed by atoms with Crippen molar-refractivity contribution in [2.75, 3.05) is 33.2 Å². The van der Waals surface area contributed by atoms with Crippen LogP contribution in [0.15, 0.2) is 57.0 Å². The van der Waals surface area contributed by atoms with Crippen LogP contribution in [0.5, 0.6) is 0 Å². The van der Waals surface area contributed by atoms with Gasteiger partial charge in [-0.15, -0.1) is 11.3 Å². The molecule has 1 aromatic heterocycles. The van der Waals surface area contributed by atoms with Crippen molar-refractivity contribution >= 4 is 27.3 Å². The van der Waals surface area contributed by atoms with Gasteiger partial charge in [-0.25, -0.2) is 13.1 Å². The third kappa shape index (κ3) is 6.53. The molecule has 1 saturated heterocycles. The van der Waals surface area contributed by atoms with E-state index >= 15 is 0 Å². The Morgan fingerprint density at radius 2 is 2.00 bits per heavy atom. The number of guanidine groups is 1. The van der Waals surface area contributed by atoms with E-state index in [1.165, 1.54) is 23.3 Å². The number of benzene rings is 1. The lowest BCUT2D eigenvalue weighted by atomic mass is 10.2. The van der Waals surface area contributed by atoms with Crippen LogP contribution < -0.4 is 15.4 Å². The minimum atomic E-state index is -3.42. The van der Waals surface area contributed by atoms with E-state index in [0.717, 1.165) is 26.1 Å². The zero-order valence-corrected chi connectivity index (χ0v) is 18.3. The molecule has 29 heavy (non-hydrogen) atoms. The number of nitrogens with one attached hydrogen (secondary N) is 3. The van der Waals surface area contributed by atoms with Gasteiger partial charge in [-0.2, -0.15) is 0 Å². The summed E-state index contributed by atoms with van der Waals surface area (Å²) in [5, 5.41) is 8.30. The maximum atomic E-state index is 12.1. The molecule has 1 unspecified atom stereocenters. The summed E-state index contributed by atoms with van der Waals surface area (Å²) < 4.78 is 27.2. The zero-order chi connectivity index (χ0) is 20.5. The molecule has 1 aromatic carbocycles. The molecule has 9 heteroatoms. The standard InChI is InChI=1S/C20H29N5O2S2/c1-21-20(22-11-12-24-29(26,27)19-10-6-14-28-19)23-15-18-9-5-13-25(18)16-17-7-3-2-4-8-17/h2-4,6-8,10,14,18,24H,5,9,11-13,15-16H2,1H3,(H2,21,22,23). The largest absolute Gasteiger partial charge is 0.355 e. The Morgan fingerprint density at radius 3 is 2.72 bits per heavy atom. The van der Waals surface area contributed by atoms with Crippen molar-refractivity contribution < 1.29 is 8.42 Å². The van der Waals surface area contributed by atoms with Gasteiger partial charge in [0.25, 0.3) is 0 Å². The minimum absolute atomic E-state index is 0.296.